The maximum absolute atomic E-state index is 13.3. The van der Waals surface area contributed by atoms with Gasteiger partial charge in [0.1, 0.15) is 0 Å². The highest BCUT2D eigenvalue weighted by atomic mass is 19.4. The van der Waals surface area contributed by atoms with E-state index in [2.05, 4.69) is 11.0 Å². The molecule has 0 aromatic heterocycles. The summed E-state index contributed by atoms with van der Waals surface area (Å²) < 4.78 is 86.0. The summed E-state index contributed by atoms with van der Waals surface area (Å²) in [5.41, 5.74) is -3.00. The molecule has 9 heteroatoms. The Bertz CT molecular complexity index is 1060. The fourth-order valence-corrected chi connectivity index (χ4v) is 5.35. The van der Waals surface area contributed by atoms with Gasteiger partial charge in [-0.2, -0.15) is 31.6 Å². The molecule has 2 aliphatic heterocycles. The topological polar surface area (TPSA) is 36.3 Å². The number of fused-ring (bicyclic) bond motifs is 2. The second-order valence-electron chi connectivity index (χ2n) is 9.61. The van der Waals surface area contributed by atoms with Gasteiger partial charge in [0.15, 0.2) is 0 Å². The van der Waals surface area contributed by atoms with Crippen molar-refractivity contribution in [1.29, 1.82) is 5.26 Å². The summed E-state index contributed by atoms with van der Waals surface area (Å²) in [4.78, 5) is 2.21. The van der Waals surface area contributed by atoms with Gasteiger partial charge in [-0.3, -0.25) is 4.90 Å². The predicted octanol–water partition coefficient (Wildman–Crippen LogP) is 7.10. The lowest BCUT2D eigenvalue weighted by molar-refractivity contribution is -0.143. The molecule has 35 heavy (non-hydrogen) atoms. The summed E-state index contributed by atoms with van der Waals surface area (Å²) in [5, 5.41) is 9.79. The lowest BCUT2D eigenvalue weighted by atomic mass is 9.67. The fourth-order valence-electron chi connectivity index (χ4n) is 5.35. The van der Waals surface area contributed by atoms with Crippen molar-refractivity contribution in [2.45, 2.75) is 56.6 Å². The molecule has 3 nitrogen and oxygen atoms in total. The lowest BCUT2D eigenvalue weighted by Crippen LogP contribution is -2.60. The third-order valence-electron chi connectivity index (χ3n) is 7.40. The quantitative estimate of drug-likeness (QED) is 0.415. The Morgan fingerprint density at radius 1 is 0.971 bits per heavy atom. The molecule has 0 N–H and O–H groups in total. The first-order valence-electron chi connectivity index (χ1n) is 11.5. The Morgan fingerprint density at radius 2 is 1.60 bits per heavy atom. The zero-order chi connectivity index (χ0) is 25.5. The molecule has 4 rings (SSSR count). The van der Waals surface area contributed by atoms with Crippen molar-refractivity contribution < 1.29 is 31.1 Å². The van der Waals surface area contributed by atoms with Gasteiger partial charge in [0.25, 0.3) is 0 Å². The van der Waals surface area contributed by atoms with Crippen LogP contribution in [0.3, 0.4) is 0 Å². The van der Waals surface area contributed by atoms with Crippen molar-refractivity contribution in [2.24, 2.45) is 5.41 Å². The molecule has 0 radical (unpaired) electrons. The maximum Gasteiger partial charge on any atom is 0.416 e. The minimum atomic E-state index is -4.92. The van der Waals surface area contributed by atoms with E-state index >= 15 is 0 Å². The van der Waals surface area contributed by atoms with E-state index in [9.17, 15) is 31.6 Å². The highest BCUT2D eigenvalue weighted by Gasteiger charge is 2.51. The number of benzene rings is 2. The number of nitriles is 1. The van der Waals surface area contributed by atoms with Crippen LogP contribution in [0.4, 0.5) is 26.3 Å². The van der Waals surface area contributed by atoms with E-state index in [1.54, 1.807) is 0 Å². The van der Waals surface area contributed by atoms with Crippen LogP contribution in [0.2, 0.25) is 0 Å². The van der Waals surface area contributed by atoms with Crippen LogP contribution in [0.25, 0.3) is 0 Å². The van der Waals surface area contributed by atoms with Gasteiger partial charge in [0, 0.05) is 6.54 Å². The monoisotopic (exact) mass is 496 g/mol. The third kappa shape index (κ3) is 5.05. The van der Waals surface area contributed by atoms with Gasteiger partial charge >= 0.3 is 12.4 Å². The van der Waals surface area contributed by atoms with Crippen molar-refractivity contribution in [2.75, 3.05) is 19.7 Å². The van der Waals surface area contributed by atoms with Gasteiger partial charge in [-0.05, 0) is 68.5 Å². The molecule has 4 atom stereocenters. The number of halogens is 6. The Hall–Kier alpha value is -2.57. The summed E-state index contributed by atoms with van der Waals surface area (Å²) >= 11 is 0. The first kappa shape index (κ1) is 25.5. The number of ether oxygens (including phenoxy) is 1. The summed E-state index contributed by atoms with van der Waals surface area (Å²) in [7, 11) is 0. The molecule has 2 aliphatic rings. The minimum absolute atomic E-state index is 0.0806. The van der Waals surface area contributed by atoms with E-state index in [0.29, 0.717) is 19.4 Å². The maximum atomic E-state index is 13.3. The van der Waals surface area contributed by atoms with Crippen molar-refractivity contribution in [3.05, 3.63) is 70.8 Å². The summed E-state index contributed by atoms with van der Waals surface area (Å²) in [5.74, 6) is 0. The molecule has 2 aromatic rings. The third-order valence-corrected chi connectivity index (χ3v) is 7.40. The standard InChI is InChI=1S/C26H26F6N2O/c1-18(19-12-21(25(27,28)29)14-22(13-19)26(30,31)32)35-17-24(20-6-3-2-4-7-20)10-9-23(15-33)8-5-11-34(24)16-23/h2-4,6-7,12-14,18H,5,8-11,16-17H2,1H3/t18-,23-,24-/m1/s1. The molecule has 2 saturated heterocycles. The minimum Gasteiger partial charge on any atom is -0.372 e. The molecule has 1 unspecified atom stereocenters. The molecule has 188 valence electrons. The van der Waals surface area contributed by atoms with Crippen molar-refractivity contribution >= 4 is 0 Å². The van der Waals surface area contributed by atoms with E-state index in [4.69, 9.17) is 4.74 Å². The van der Waals surface area contributed by atoms with Crippen molar-refractivity contribution in [3.8, 4) is 6.07 Å². The van der Waals surface area contributed by atoms with Crippen LogP contribution in [-0.2, 0) is 22.6 Å². The largest absolute Gasteiger partial charge is 0.416 e. The highest BCUT2D eigenvalue weighted by molar-refractivity contribution is 5.35. The number of rotatable bonds is 5. The molecule has 0 spiro atoms. The van der Waals surface area contributed by atoms with Crippen molar-refractivity contribution in [3.63, 3.8) is 0 Å². The number of piperidine rings is 2. The van der Waals surface area contributed by atoms with Crippen LogP contribution in [0.5, 0.6) is 0 Å². The van der Waals surface area contributed by atoms with E-state index in [1.807, 2.05) is 30.3 Å². The molecule has 0 saturated carbocycles. The normalized spacial score (nSPS) is 27.8. The lowest BCUT2D eigenvalue weighted by Gasteiger charge is -2.55. The van der Waals surface area contributed by atoms with Gasteiger partial charge in [-0.25, -0.2) is 0 Å². The Kier molecular flexibility index (Phi) is 6.66. The van der Waals surface area contributed by atoms with Gasteiger partial charge in [0.2, 0.25) is 0 Å². The van der Waals surface area contributed by atoms with Crippen molar-refractivity contribution in [1.82, 2.24) is 4.90 Å². The Balaban J connectivity index is 1.65. The number of alkyl halides is 6. The second-order valence-corrected chi connectivity index (χ2v) is 9.61. The highest BCUT2D eigenvalue weighted by Crippen LogP contribution is 2.49. The Labute approximate surface area is 200 Å². The summed E-state index contributed by atoms with van der Waals surface area (Å²) in [6.07, 6.45) is -7.95. The number of nitrogens with zero attached hydrogens (tertiary/aromatic N) is 2. The van der Waals surface area contributed by atoms with Crippen LogP contribution in [0.1, 0.15) is 61.0 Å². The van der Waals surface area contributed by atoms with Gasteiger partial charge in [0.05, 0.1) is 40.9 Å². The molecule has 0 amide bonds. The smallest absolute Gasteiger partial charge is 0.372 e. The zero-order valence-corrected chi connectivity index (χ0v) is 19.2. The van der Waals surface area contributed by atoms with Gasteiger partial charge < -0.3 is 4.74 Å². The molecule has 2 bridgehead atoms. The van der Waals surface area contributed by atoms with E-state index < -0.39 is 40.5 Å². The average molecular weight is 496 g/mol. The van der Waals surface area contributed by atoms with Crippen LogP contribution < -0.4 is 0 Å². The summed E-state index contributed by atoms with van der Waals surface area (Å²) in [6.45, 7) is 2.83. The van der Waals surface area contributed by atoms with Crippen LogP contribution in [0, 0.1) is 16.7 Å². The van der Waals surface area contributed by atoms with E-state index in [1.165, 1.54) is 6.92 Å². The SMILES string of the molecule is C[C@@H](OC[C@@]1(c2ccccc2)CC[C@@]2(C#N)CCCN1C2)c1cc(C(F)(F)F)cc(C(F)(F)F)c1. The van der Waals surface area contributed by atoms with E-state index in [0.717, 1.165) is 37.1 Å². The molecule has 2 heterocycles. The van der Waals surface area contributed by atoms with Gasteiger partial charge in [-0.15, -0.1) is 0 Å². The Morgan fingerprint density at radius 3 is 2.17 bits per heavy atom. The molecule has 2 aromatic carbocycles. The molecular weight excluding hydrogens is 470 g/mol. The molecular formula is C26H26F6N2O. The second kappa shape index (κ2) is 9.14. The van der Waals surface area contributed by atoms with Gasteiger partial charge in [-0.1, -0.05) is 30.3 Å². The predicted molar refractivity (Wildman–Crippen MR) is 117 cm³/mol. The van der Waals surface area contributed by atoms with Crippen LogP contribution in [-0.4, -0.2) is 24.6 Å². The zero-order valence-electron chi connectivity index (χ0n) is 19.2. The molecule has 0 aliphatic carbocycles. The van der Waals surface area contributed by atoms with Crippen LogP contribution in [0.15, 0.2) is 48.5 Å². The first-order valence-corrected chi connectivity index (χ1v) is 11.5. The first-order chi connectivity index (χ1) is 16.4. The molecule has 2 fully saturated rings. The average Bonchev–Trinajstić information content (AvgIpc) is 2.83. The van der Waals surface area contributed by atoms with E-state index in [-0.39, 0.29) is 18.2 Å². The fraction of sp³-hybridized carbons (Fsp3) is 0.500. The number of hydrogen-bond donors (Lipinski definition) is 0. The summed E-state index contributed by atoms with van der Waals surface area (Å²) in [6, 6.07) is 13.6. The number of hydrogen-bond acceptors (Lipinski definition) is 3. The van der Waals surface area contributed by atoms with Crippen LogP contribution >= 0.6 is 0 Å².